The van der Waals surface area contributed by atoms with Crippen LogP contribution in [-0.4, -0.2) is 33.4 Å². The molecule has 0 aliphatic carbocycles. The normalized spacial score (nSPS) is 27.8. The van der Waals surface area contributed by atoms with Gasteiger partial charge in [-0.1, -0.05) is 19.1 Å². The summed E-state index contributed by atoms with van der Waals surface area (Å²) in [6.07, 6.45) is 2.33. The van der Waals surface area contributed by atoms with Crippen molar-refractivity contribution in [3.05, 3.63) is 29.8 Å². The number of thioether (sulfide) groups is 1. The summed E-state index contributed by atoms with van der Waals surface area (Å²) in [6, 6.07) is 7.53. The lowest BCUT2D eigenvalue weighted by molar-refractivity contribution is -0.135. The third-order valence-electron chi connectivity index (χ3n) is 4.35. The summed E-state index contributed by atoms with van der Waals surface area (Å²) in [5.74, 6) is 0.710. The van der Waals surface area contributed by atoms with Crippen LogP contribution in [0, 0.1) is 0 Å². The lowest BCUT2D eigenvalue weighted by atomic mass is 10.1. The van der Waals surface area contributed by atoms with Crippen molar-refractivity contribution in [2.24, 2.45) is 0 Å². The molecule has 1 aromatic rings. The molecule has 0 radical (unpaired) electrons. The number of hydrogen-bond donors (Lipinski definition) is 1. The monoisotopic (exact) mass is 304 g/mol. The van der Waals surface area contributed by atoms with Gasteiger partial charge in [0.15, 0.2) is 0 Å². The summed E-state index contributed by atoms with van der Waals surface area (Å²) in [5, 5.41) is 2.96. The predicted octanol–water partition coefficient (Wildman–Crippen LogP) is 2.64. The molecule has 2 heterocycles. The van der Waals surface area contributed by atoms with Crippen molar-refractivity contribution in [3.63, 3.8) is 0 Å². The van der Waals surface area contributed by atoms with Crippen LogP contribution in [0.1, 0.15) is 32.3 Å². The summed E-state index contributed by atoms with van der Waals surface area (Å²) in [6.45, 7) is 4.15. The highest BCUT2D eigenvalue weighted by Crippen LogP contribution is 2.47. The van der Waals surface area contributed by atoms with Gasteiger partial charge in [-0.25, -0.2) is 0 Å². The summed E-state index contributed by atoms with van der Waals surface area (Å²) in [7, 11) is 0. The van der Waals surface area contributed by atoms with Crippen LogP contribution < -0.4 is 5.32 Å². The van der Waals surface area contributed by atoms with E-state index in [1.165, 1.54) is 5.56 Å². The van der Waals surface area contributed by atoms with Gasteiger partial charge >= 0.3 is 0 Å². The molecule has 0 bridgehead atoms. The van der Waals surface area contributed by atoms with Crippen LogP contribution in [0.2, 0.25) is 0 Å². The van der Waals surface area contributed by atoms with Gasteiger partial charge in [0.2, 0.25) is 11.8 Å². The molecule has 4 nitrogen and oxygen atoms in total. The molecule has 5 heteroatoms. The van der Waals surface area contributed by atoms with E-state index in [1.807, 2.05) is 24.3 Å². The molecule has 2 aliphatic heterocycles. The smallest absolute Gasteiger partial charge is 0.248 e. The SMILES string of the molecule is CCc1cccc(NC(=O)[C@H]2CS[C@]3(C)CCC(=O)N23)c1. The minimum atomic E-state index is -0.347. The van der Waals surface area contributed by atoms with E-state index in [1.54, 1.807) is 16.7 Å². The minimum absolute atomic E-state index is 0.0743. The van der Waals surface area contributed by atoms with Crippen molar-refractivity contribution in [2.45, 2.75) is 44.0 Å². The van der Waals surface area contributed by atoms with Crippen LogP contribution in [0.3, 0.4) is 0 Å². The number of nitrogens with zero attached hydrogens (tertiary/aromatic N) is 1. The largest absolute Gasteiger partial charge is 0.324 e. The van der Waals surface area contributed by atoms with Gasteiger partial charge in [-0.05, 0) is 37.5 Å². The van der Waals surface area contributed by atoms with Crippen molar-refractivity contribution in [1.82, 2.24) is 4.90 Å². The maximum Gasteiger partial charge on any atom is 0.248 e. The molecule has 2 fully saturated rings. The first kappa shape index (κ1) is 14.4. The zero-order chi connectivity index (χ0) is 15.0. The zero-order valence-electron chi connectivity index (χ0n) is 12.4. The molecule has 0 aromatic heterocycles. The molecule has 21 heavy (non-hydrogen) atoms. The van der Waals surface area contributed by atoms with Gasteiger partial charge in [-0.3, -0.25) is 9.59 Å². The molecule has 2 saturated heterocycles. The van der Waals surface area contributed by atoms with E-state index in [0.717, 1.165) is 18.5 Å². The average molecular weight is 304 g/mol. The van der Waals surface area contributed by atoms with E-state index < -0.39 is 0 Å². The Balaban J connectivity index is 1.75. The third kappa shape index (κ3) is 2.55. The summed E-state index contributed by atoms with van der Waals surface area (Å²) < 4.78 is 0. The van der Waals surface area contributed by atoms with Gasteiger partial charge in [0, 0.05) is 17.9 Å². The first-order chi connectivity index (χ1) is 10.0. The van der Waals surface area contributed by atoms with Gasteiger partial charge in [0.1, 0.15) is 6.04 Å². The topological polar surface area (TPSA) is 49.4 Å². The van der Waals surface area contributed by atoms with Crippen molar-refractivity contribution >= 4 is 29.3 Å². The Morgan fingerprint density at radius 1 is 1.52 bits per heavy atom. The Bertz CT molecular complexity index is 589. The number of rotatable bonds is 3. The van der Waals surface area contributed by atoms with E-state index in [4.69, 9.17) is 0 Å². The van der Waals surface area contributed by atoms with E-state index in [0.29, 0.717) is 12.2 Å². The number of amides is 2. The summed E-state index contributed by atoms with van der Waals surface area (Å²) in [4.78, 5) is 26.2. The predicted molar refractivity (Wildman–Crippen MR) is 85.2 cm³/mol. The van der Waals surface area contributed by atoms with Gasteiger partial charge < -0.3 is 10.2 Å². The molecule has 1 aromatic carbocycles. The maximum absolute atomic E-state index is 12.5. The Morgan fingerprint density at radius 2 is 2.33 bits per heavy atom. The highest BCUT2D eigenvalue weighted by molar-refractivity contribution is 8.01. The minimum Gasteiger partial charge on any atom is -0.324 e. The average Bonchev–Trinajstić information content (AvgIpc) is 2.96. The van der Waals surface area contributed by atoms with E-state index >= 15 is 0 Å². The number of hydrogen-bond acceptors (Lipinski definition) is 3. The summed E-state index contributed by atoms with van der Waals surface area (Å²) in [5.41, 5.74) is 2.00. The number of anilines is 1. The zero-order valence-corrected chi connectivity index (χ0v) is 13.2. The fourth-order valence-corrected chi connectivity index (χ4v) is 4.54. The van der Waals surface area contributed by atoms with Crippen molar-refractivity contribution in [2.75, 3.05) is 11.1 Å². The van der Waals surface area contributed by atoms with E-state index in [9.17, 15) is 9.59 Å². The first-order valence-corrected chi connectivity index (χ1v) is 8.38. The Labute approximate surface area is 129 Å². The van der Waals surface area contributed by atoms with Gasteiger partial charge in [-0.15, -0.1) is 11.8 Å². The summed E-state index contributed by atoms with van der Waals surface area (Å²) >= 11 is 1.72. The number of fused-ring (bicyclic) bond motifs is 1. The second-order valence-corrected chi connectivity index (χ2v) is 7.31. The van der Waals surface area contributed by atoms with Gasteiger partial charge in [0.05, 0.1) is 4.87 Å². The van der Waals surface area contributed by atoms with Gasteiger partial charge in [-0.2, -0.15) is 0 Å². The van der Waals surface area contributed by atoms with Crippen LogP contribution in [-0.2, 0) is 16.0 Å². The fourth-order valence-electron chi connectivity index (χ4n) is 3.11. The number of aryl methyl sites for hydroxylation is 1. The lowest BCUT2D eigenvalue weighted by Gasteiger charge is -2.29. The fraction of sp³-hybridized carbons (Fsp3) is 0.500. The molecule has 112 valence electrons. The molecular formula is C16H20N2O2S. The van der Waals surface area contributed by atoms with Crippen LogP contribution >= 0.6 is 11.8 Å². The van der Waals surface area contributed by atoms with Crippen molar-refractivity contribution < 1.29 is 9.59 Å². The van der Waals surface area contributed by atoms with Crippen molar-refractivity contribution in [1.29, 1.82) is 0 Å². The van der Waals surface area contributed by atoms with Crippen molar-refractivity contribution in [3.8, 4) is 0 Å². The molecule has 2 atom stereocenters. The Morgan fingerprint density at radius 3 is 3.10 bits per heavy atom. The van der Waals surface area contributed by atoms with E-state index in [2.05, 4.69) is 19.2 Å². The third-order valence-corrected chi connectivity index (χ3v) is 5.86. The van der Waals surface area contributed by atoms with Crippen LogP contribution in [0.4, 0.5) is 5.69 Å². The first-order valence-electron chi connectivity index (χ1n) is 7.39. The quantitative estimate of drug-likeness (QED) is 0.934. The second-order valence-electron chi connectivity index (χ2n) is 5.81. The molecule has 0 unspecified atom stereocenters. The van der Waals surface area contributed by atoms with Crippen LogP contribution in [0.25, 0.3) is 0 Å². The Hall–Kier alpha value is -1.49. The van der Waals surface area contributed by atoms with Crippen LogP contribution in [0.5, 0.6) is 0 Å². The molecular weight excluding hydrogens is 284 g/mol. The molecule has 0 spiro atoms. The highest BCUT2D eigenvalue weighted by atomic mass is 32.2. The second kappa shape index (κ2) is 5.37. The van der Waals surface area contributed by atoms with E-state index in [-0.39, 0.29) is 22.7 Å². The molecule has 2 amide bonds. The Kier molecular flexibility index (Phi) is 3.69. The number of carbonyl (C=O) groups is 2. The lowest BCUT2D eigenvalue weighted by Crippen LogP contribution is -2.48. The highest BCUT2D eigenvalue weighted by Gasteiger charge is 2.52. The molecule has 0 saturated carbocycles. The van der Waals surface area contributed by atoms with Gasteiger partial charge in [0.25, 0.3) is 0 Å². The maximum atomic E-state index is 12.5. The van der Waals surface area contributed by atoms with Crippen LogP contribution in [0.15, 0.2) is 24.3 Å². The molecule has 1 N–H and O–H groups in total. The standard InChI is InChI=1S/C16H20N2O2S/c1-3-11-5-4-6-12(9-11)17-15(20)13-10-21-16(2)8-7-14(19)18(13)16/h4-6,9,13H,3,7-8,10H2,1-2H3,(H,17,20)/t13-,16-/m1/s1. The molecule has 3 rings (SSSR count). The number of carbonyl (C=O) groups excluding carboxylic acids is 2. The number of benzene rings is 1. The molecule has 2 aliphatic rings. The number of nitrogens with one attached hydrogen (secondary N) is 1.